The molecule has 154 valence electrons. The fourth-order valence-electron chi connectivity index (χ4n) is 2.93. The van der Waals surface area contributed by atoms with Crippen molar-refractivity contribution in [3.8, 4) is 11.5 Å². The molecule has 0 fully saturated rings. The van der Waals surface area contributed by atoms with Crippen molar-refractivity contribution < 1.29 is 9.47 Å². The maximum absolute atomic E-state index is 10.7. The second kappa shape index (κ2) is 10.5. The lowest BCUT2D eigenvalue weighted by Gasteiger charge is -2.18. The summed E-state index contributed by atoms with van der Waals surface area (Å²) in [6.45, 7) is 8.05. The molecular formula is C20H24N4O3S2. The largest absolute Gasteiger partial charge is 0.493 e. The Morgan fingerprint density at radius 3 is 2.72 bits per heavy atom. The first-order valence-corrected chi connectivity index (χ1v) is 11.1. The van der Waals surface area contributed by atoms with Gasteiger partial charge in [-0.1, -0.05) is 36.9 Å². The van der Waals surface area contributed by atoms with Crippen LogP contribution in [0.1, 0.15) is 20.3 Å². The molecule has 0 aliphatic carbocycles. The lowest BCUT2D eigenvalue weighted by atomic mass is 10.2. The van der Waals surface area contributed by atoms with Gasteiger partial charge < -0.3 is 14.4 Å². The summed E-state index contributed by atoms with van der Waals surface area (Å²) in [5.74, 6) is 1.36. The van der Waals surface area contributed by atoms with Crippen molar-refractivity contribution in [3.63, 3.8) is 0 Å². The summed E-state index contributed by atoms with van der Waals surface area (Å²) in [6.07, 6.45) is 4.19. The highest BCUT2D eigenvalue weighted by Gasteiger charge is 2.13. The zero-order valence-electron chi connectivity index (χ0n) is 16.8. The van der Waals surface area contributed by atoms with Crippen molar-refractivity contribution in [3.05, 3.63) is 35.5 Å². The Hall–Kier alpha value is -2.23. The Labute approximate surface area is 178 Å². The van der Waals surface area contributed by atoms with Crippen LogP contribution in [0.3, 0.4) is 0 Å². The number of fused-ring (bicyclic) bond motifs is 1. The number of nitroso groups, excluding NO2 is 1. The summed E-state index contributed by atoms with van der Waals surface area (Å²) in [4.78, 5) is 22.7. The molecule has 0 saturated heterocycles. The van der Waals surface area contributed by atoms with Gasteiger partial charge in [0.2, 0.25) is 0 Å². The minimum absolute atomic E-state index is 0.365. The highest BCUT2D eigenvalue weighted by atomic mass is 32.2. The zero-order chi connectivity index (χ0) is 20.6. The van der Waals surface area contributed by atoms with Crippen molar-refractivity contribution >= 4 is 39.0 Å². The Bertz CT molecular complexity index is 960. The monoisotopic (exact) mass is 432 g/mol. The fraction of sp³-hybridized carbons (Fsp3) is 0.400. The molecule has 7 nitrogen and oxygen atoms in total. The molecule has 0 radical (unpaired) electrons. The van der Waals surface area contributed by atoms with E-state index in [4.69, 9.17) is 9.47 Å². The van der Waals surface area contributed by atoms with Crippen LogP contribution in [-0.2, 0) is 0 Å². The van der Waals surface area contributed by atoms with Crippen molar-refractivity contribution in [2.45, 2.75) is 29.5 Å². The van der Waals surface area contributed by atoms with Gasteiger partial charge >= 0.3 is 0 Å². The van der Waals surface area contributed by atoms with E-state index in [2.05, 4.69) is 33.9 Å². The first kappa shape index (κ1) is 21.5. The molecule has 1 aromatic carbocycles. The van der Waals surface area contributed by atoms with Crippen LogP contribution in [0.5, 0.6) is 11.5 Å². The van der Waals surface area contributed by atoms with Crippen molar-refractivity contribution in [2.75, 3.05) is 33.4 Å². The molecule has 0 N–H and O–H groups in total. The second-order valence-corrected chi connectivity index (χ2v) is 8.51. The van der Waals surface area contributed by atoms with Crippen molar-refractivity contribution in [2.24, 2.45) is 5.18 Å². The smallest absolute Gasteiger partial charge is 0.181 e. The van der Waals surface area contributed by atoms with Crippen LogP contribution < -0.4 is 9.47 Å². The average Bonchev–Trinajstić information content (AvgIpc) is 3.21. The first-order valence-electron chi connectivity index (χ1n) is 9.47. The Balaban J connectivity index is 1.78. The Kier molecular flexibility index (Phi) is 7.79. The quantitative estimate of drug-likeness (QED) is 0.298. The number of hydrogen-bond acceptors (Lipinski definition) is 9. The van der Waals surface area contributed by atoms with Gasteiger partial charge in [-0.25, -0.2) is 4.98 Å². The van der Waals surface area contributed by atoms with E-state index < -0.39 is 0 Å². The third-order valence-corrected chi connectivity index (χ3v) is 6.54. The van der Waals surface area contributed by atoms with Crippen LogP contribution in [0, 0.1) is 4.91 Å². The van der Waals surface area contributed by atoms with Crippen LogP contribution in [0.15, 0.2) is 45.0 Å². The summed E-state index contributed by atoms with van der Waals surface area (Å²) in [6, 6.07) is 5.78. The molecule has 0 aliphatic rings. The Morgan fingerprint density at radius 1 is 1.21 bits per heavy atom. The fourth-order valence-corrected chi connectivity index (χ4v) is 4.75. The first-order chi connectivity index (χ1) is 14.2. The zero-order valence-corrected chi connectivity index (χ0v) is 18.4. The van der Waals surface area contributed by atoms with Crippen LogP contribution in [-0.4, -0.2) is 48.2 Å². The molecule has 0 spiro atoms. The standard InChI is InChI=1S/C20H24N4O3S2/c1-4-24(5-2)9-6-10-27-17-12-15-14(11-16(17)26-3)18(7-8-21-15)28-20-22-13-19(23-25)29-20/h7-8,11-13H,4-6,9-10H2,1-3H3. The molecule has 2 aromatic heterocycles. The molecular weight excluding hydrogens is 408 g/mol. The summed E-state index contributed by atoms with van der Waals surface area (Å²) >= 11 is 2.74. The predicted octanol–water partition coefficient (Wildman–Crippen LogP) is 5.36. The van der Waals surface area contributed by atoms with E-state index in [0.29, 0.717) is 23.1 Å². The van der Waals surface area contributed by atoms with E-state index in [9.17, 15) is 4.91 Å². The molecule has 2 heterocycles. The number of ether oxygens (including phenoxy) is 2. The molecule has 0 aliphatic heterocycles. The van der Waals surface area contributed by atoms with Crippen molar-refractivity contribution in [1.82, 2.24) is 14.9 Å². The SMILES string of the molecule is CCN(CC)CCCOc1cc2nccc(Sc3ncc(N=O)s3)c2cc1OC. The number of nitrogens with zero attached hydrogens (tertiary/aromatic N) is 4. The van der Waals surface area contributed by atoms with Gasteiger partial charge in [-0.15, -0.1) is 4.91 Å². The lowest BCUT2D eigenvalue weighted by Crippen LogP contribution is -2.25. The molecule has 3 rings (SSSR count). The van der Waals surface area contributed by atoms with Crippen LogP contribution in [0.2, 0.25) is 0 Å². The molecule has 0 unspecified atom stereocenters. The van der Waals surface area contributed by atoms with E-state index in [-0.39, 0.29) is 0 Å². The van der Waals surface area contributed by atoms with Gasteiger partial charge in [0.15, 0.2) is 20.8 Å². The lowest BCUT2D eigenvalue weighted by molar-refractivity contribution is 0.243. The van der Waals surface area contributed by atoms with Crippen LogP contribution in [0.4, 0.5) is 5.00 Å². The summed E-state index contributed by atoms with van der Waals surface area (Å²) in [7, 11) is 1.63. The highest BCUT2D eigenvalue weighted by Crippen LogP contribution is 2.40. The van der Waals surface area contributed by atoms with Gasteiger partial charge in [0, 0.05) is 29.1 Å². The number of aromatic nitrogens is 2. The minimum atomic E-state index is 0.365. The Morgan fingerprint density at radius 2 is 2.03 bits per heavy atom. The molecule has 0 saturated carbocycles. The average molecular weight is 433 g/mol. The van der Waals surface area contributed by atoms with Gasteiger partial charge in [-0.3, -0.25) is 4.98 Å². The third kappa shape index (κ3) is 5.43. The summed E-state index contributed by atoms with van der Waals surface area (Å²) in [5, 5.41) is 4.24. The van der Waals surface area contributed by atoms with Crippen molar-refractivity contribution in [1.29, 1.82) is 0 Å². The maximum atomic E-state index is 10.7. The summed E-state index contributed by atoms with van der Waals surface area (Å²) in [5.41, 5.74) is 0.819. The van der Waals surface area contributed by atoms with Gasteiger partial charge in [-0.05, 0) is 36.8 Å². The molecule has 0 amide bonds. The molecule has 3 aromatic rings. The van der Waals surface area contributed by atoms with Gasteiger partial charge in [0.25, 0.3) is 0 Å². The predicted molar refractivity (Wildman–Crippen MR) is 118 cm³/mol. The van der Waals surface area contributed by atoms with E-state index in [1.165, 1.54) is 29.3 Å². The van der Waals surface area contributed by atoms with E-state index in [1.54, 1.807) is 13.3 Å². The number of hydrogen-bond donors (Lipinski definition) is 0. The van der Waals surface area contributed by atoms with Crippen LogP contribution in [0.25, 0.3) is 10.9 Å². The molecule has 0 bridgehead atoms. The number of benzene rings is 1. The van der Waals surface area contributed by atoms with Gasteiger partial charge in [0.05, 0.1) is 25.4 Å². The maximum Gasteiger partial charge on any atom is 0.181 e. The normalized spacial score (nSPS) is 11.2. The van der Waals surface area contributed by atoms with Gasteiger partial charge in [0.1, 0.15) is 0 Å². The van der Waals surface area contributed by atoms with Gasteiger partial charge in [-0.2, -0.15) is 0 Å². The number of methoxy groups -OCH3 is 1. The van der Waals surface area contributed by atoms with E-state index >= 15 is 0 Å². The van der Waals surface area contributed by atoms with E-state index in [1.807, 2.05) is 18.2 Å². The molecule has 0 atom stereocenters. The molecule has 9 heteroatoms. The topological polar surface area (TPSA) is 76.9 Å². The van der Waals surface area contributed by atoms with Crippen LogP contribution >= 0.6 is 23.1 Å². The molecule has 29 heavy (non-hydrogen) atoms. The number of pyridine rings is 1. The van der Waals surface area contributed by atoms with E-state index in [0.717, 1.165) is 46.2 Å². The number of thiazole rings is 1. The third-order valence-electron chi connectivity index (χ3n) is 4.52. The second-order valence-electron chi connectivity index (χ2n) is 6.22. The summed E-state index contributed by atoms with van der Waals surface area (Å²) < 4.78 is 12.3. The highest BCUT2D eigenvalue weighted by molar-refractivity contribution is 8.01. The number of rotatable bonds is 11. The minimum Gasteiger partial charge on any atom is -0.493 e.